The Morgan fingerprint density at radius 3 is 2.48 bits per heavy atom. The summed E-state index contributed by atoms with van der Waals surface area (Å²) in [6.07, 6.45) is 5.58. The first-order chi connectivity index (χ1) is 15.2. The molecule has 31 heavy (non-hydrogen) atoms. The van der Waals surface area contributed by atoms with Gasteiger partial charge in [-0.15, -0.1) is 0 Å². The van der Waals surface area contributed by atoms with Gasteiger partial charge < -0.3 is 9.64 Å². The lowest BCUT2D eigenvalue weighted by atomic mass is 10.00. The van der Waals surface area contributed by atoms with E-state index in [0.717, 1.165) is 38.2 Å². The highest BCUT2D eigenvalue weighted by molar-refractivity contribution is 6.08. The lowest BCUT2D eigenvalue weighted by Gasteiger charge is -2.39. The second-order valence-electron chi connectivity index (χ2n) is 8.08. The summed E-state index contributed by atoms with van der Waals surface area (Å²) in [6.45, 7) is 4.85. The minimum absolute atomic E-state index is 0.00740. The summed E-state index contributed by atoms with van der Waals surface area (Å²) in [4.78, 5) is 22.3. The largest absolute Gasteiger partial charge is 0.496 e. The Hall–Kier alpha value is -3.18. The van der Waals surface area contributed by atoms with Gasteiger partial charge in [0, 0.05) is 43.8 Å². The van der Waals surface area contributed by atoms with E-state index in [1.807, 2.05) is 53.6 Å². The van der Waals surface area contributed by atoms with Crippen molar-refractivity contribution in [3.8, 4) is 5.75 Å². The first-order valence-electron chi connectivity index (χ1n) is 10.8. The number of aryl methyl sites for hydroxylation is 1. The summed E-state index contributed by atoms with van der Waals surface area (Å²) in [5, 5.41) is 0. The number of rotatable bonds is 6. The Labute approximate surface area is 184 Å². The van der Waals surface area contributed by atoms with Crippen molar-refractivity contribution in [2.75, 3.05) is 25.1 Å². The minimum atomic E-state index is -0.00740. The molecule has 160 valence electrons. The molecule has 0 unspecified atom stereocenters. The van der Waals surface area contributed by atoms with E-state index in [9.17, 15) is 4.79 Å². The zero-order valence-corrected chi connectivity index (χ0v) is 18.2. The molecule has 3 aromatic rings. The van der Waals surface area contributed by atoms with Crippen molar-refractivity contribution < 1.29 is 9.53 Å². The van der Waals surface area contributed by atoms with Crippen molar-refractivity contribution in [1.29, 1.82) is 0 Å². The van der Waals surface area contributed by atoms with Crippen LogP contribution in [0.25, 0.3) is 0 Å². The van der Waals surface area contributed by atoms with E-state index in [1.165, 1.54) is 11.1 Å². The van der Waals surface area contributed by atoms with Gasteiger partial charge in [0.15, 0.2) is 0 Å². The topological polar surface area (TPSA) is 45.7 Å². The molecule has 4 rings (SSSR count). The van der Waals surface area contributed by atoms with Gasteiger partial charge >= 0.3 is 0 Å². The number of methoxy groups -OCH3 is 1. The Kier molecular flexibility index (Phi) is 6.63. The number of para-hydroxylation sites is 1. The monoisotopic (exact) mass is 415 g/mol. The third-order valence-electron chi connectivity index (χ3n) is 5.92. The highest BCUT2D eigenvalue weighted by atomic mass is 16.5. The molecule has 2 aromatic carbocycles. The maximum absolute atomic E-state index is 13.7. The number of anilines is 1. The number of carbonyl (C=O) groups excluding carboxylic acids is 1. The van der Waals surface area contributed by atoms with Crippen LogP contribution in [0, 0.1) is 6.92 Å². The van der Waals surface area contributed by atoms with E-state index in [1.54, 1.807) is 13.3 Å². The van der Waals surface area contributed by atoms with Crippen LogP contribution >= 0.6 is 0 Å². The Bertz CT molecular complexity index is 997. The highest BCUT2D eigenvalue weighted by Gasteiger charge is 2.31. The molecule has 2 heterocycles. The second kappa shape index (κ2) is 9.75. The standard InChI is InChI=1S/C26H29N3O2/c1-20-9-11-22(12-10-20)29(26(30)24-7-3-4-8-25(24)31-2)23-13-16-28(17-14-23)19-21-6-5-15-27-18-21/h3-12,15,18,23H,13-14,16-17,19H2,1-2H3. The van der Waals surface area contributed by atoms with Crippen molar-refractivity contribution in [2.24, 2.45) is 0 Å². The van der Waals surface area contributed by atoms with E-state index in [2.05, 4.69) is 35.0 Å². The van der Waals surface area contributed by atoms with Gasteiger partial charge in [-0.05, 0) is 55.7 Å². The van der Waals surface area contributed by atoms with Gasteiger partial charge in [-0.2, -0.15) is 0 Å². The molecular weight excluding hydrogens is 386 g/mol. The number of hydrogen-bond acceptors (Lipinski definition) is 4. The first-order valence-corrected chi connectivity index (χ1v) is 10.8. The fourth-order valence-electron chi connectivity index (χ4n) is 4.24. The fraction of sp³-hybridized carbons (Fsp3) is 0.308. The van der Waals surface area contributed by atoms with Crippen LogP contribution in [0.5, 0.6) is 5.75 Å². The lowest BCUT2D eigenvalue weighted by molar-refractivity contribution is 0.0955. The van der Waals surface area contributed by atoms with E-state index >= 15 is 0 Å². The zero-order chi connectivity index (χ0) is 21.6. The molecule has 1 fully saturated rings. The van der Waals surface area contributed by atoms with Gasteiger partial charge in [0.05, 0.1) is 12.7 Å². The molecule has 5 nitrogen and oxygen atoms in total. The molecular formula is C26H29N3O2. The molecule has 0 radical (unpaired) electrons. The third-order valence-corrected chi connectivity index (χ3v) is 5.92. The number of hydrogen-bond donors (Lipinski definition) is 0. The van der Waals surface area contributed by atoms with Gasteiger partial charge in [0.25, 0.3) is 5.91 Å². The maximum Gasteiger partial charge on any atom is 0.262 e. The van der Waals surface area contributed by atoms with Gasteiger partial charge in [-0.1, -0.05) is 35.9 Å². The molecule has 0 N–H and O–H groups in total. The number of piperidine rings is 1. The van der Waals surface area contributed by atoms with Crippen molar-refractivity contribution in [3.05, 3.63) is 89.7 Å². The van der Waals surface area contributed by atoms with Crippen LogP contribution in [-0.2, 0) is 6.54 Å². The number of benzene rings is 2. The lowest BCUT2D eigenvalue weighted by Crippen LogP contribution is -2.47. The van der Waals surface area contributed by atoms with Crippen LogP contribution in [-0.4, -0.2) is 42.0 Å². The van der Waals surface area contributed by atoms with Crippen LogP contribution in [0.15, 0.2) is 73.1 Å². The average Bonchev–Trinajstić information content (AvgIpc) is 2.82. The molecule has 0 atom stereocenters. The molecule has 1 aliphatic rings. The van der Waals surface area contributed by atoms with Crippen molar-refractivity contribution >= 4 is 11.6 Å². The first kappa shape index (κ1) is 21.1. The SMILES string of the molecule is COc1ccccc1C(=O)N(c1ccc(C)cc1)C1CCN(Cc2cccnc2)CC1. The molecule has 0 bridgehead atoms. The summed E-state index contributed by atoms with van der Waals surface area (Å²) >= 11 is 0. The quantitative estimate of drug-likeness (QED) is 0.585. The number of aromatic nitrogens is 1. The van der Waals surface area contributed by atoms with Gasteiger partial charge in [0.1, 0.15) is 5.75 Å². The second-order valence-corrected chi connectivity index (χ2v) is 8.08. The summed E-state index contributed by atoms with van der Waals surface area (Å²) < 4.78 is 5.48. The molecule has 0 saturated carbocycles. The number of amides is 1. The Balaban J connectivity index is 1.55. The normalized spacial score (nSPS) is 14.9. The Morgan fingerprint density at radius 2 is 1.81 bits per heavy atom. The summed E-state index contributed by atoms with van der Waals surface area (Å²) in [6, 6.07) is 19.9. The molecule has 1 aromatic heterocycles. The van der Waals surface area contributed by atoms with Crippen LogP contribution in [0.3, 0.4) is 0 Å². The molecule has 0 aliphatic carbocycles. The fourth-order valence-corrected chi connectivity index (χ4v) is 4.24. The number of ether oxygens (including phenoxy) is 1. The van der Waals surface area contributed by atoms with Crippen LogP contribution in [0.1, 0.15) is 34.3 Å². The molecule has 0 spiro atoms. The smallest absolute Gasteiger partial charge is 0.262 e. The molecule has 1 amide bonds. The van der Waals surface area contributed by atoms with E-state index in [0.29, 0.717) is 11.3 Å². The number of carbonyl (C=O) groups is 1. The molecule has 5 heteroatoms. The third kappa shape index (κ3) is 4.94. The van der Waals surface area contributed by atoms with Crippen LogP contribution in [0.4, 0.5) is 5.69 Å². The average molecular weight is 416 g/mol. The van der Waals surface area contributed by atoms with Crippen LogP contribution < -0.4 is 9.64 Å². The number of nitrogens with zero attached hydrogens (tertiary/aromatic N) is 3. The molecule has 1 aliphatic heterocycles. The molecule has 1 saturated heterocycles. The van der Waals surface area contributed by atoms with Crippen molar-refractivity contribution in [2.45, 2.75) is 32.4 Å². The van der Waals surface area contributed by atoms with E-state index in [-0.39, 0.29) is 11.9 Å². The maximum atomic E-state index is 13.7. The predicted octanol–water partition coefficient (Wildman–Crippen LogP) is 4.71. The number of pyridine rings is 1. The zero-order valence-electron chi connectivity index (χ0n) is 18.2. The van der Waals surface area contributed by atoms with Crippen molar-refractivity contribution in [3.63, 3.8) is 0 Å². The number of likely N-dealkylation sites (tertiary alicyclic amines) is 1. The summed E-state index contributed by atoms with van der Waals surface area (Å²) in [5.41, 5.74) is 3.94. The predicted molar refractivity (Wildman–Crippen MR) is 124 cm³/mol. The minimum Gasteiger partial charge on any atom is -0.496 e. The highest BCUT2D eigenvalue weighted by Crippen LogP contribution is 2.29. The van der Waals surface area contributed by atoms with Crippen molar-refractivity contribution in [1.82, 2.24) is 9.88 Å². The Morgan fingerprint density at radius 1 is 1.06 bits per heavy atom. The summed E-state index contributed by atoms with van der Waals surface area (Å²) in [5.74, 6) is 0.602. The van der Waals surface area contributed by atoms with Gasteiger partial charge in [-0.25, -0.2) is 0 Å². The van der Waals surface area contributed by atoms with Crippen LogP contribution in [0.2, 0.25) is 0 Å². The van der Waals surface area contributed by atoms with Gasteiger partial charge in [-0.3, -0.25) is 14.7 Å². The van der Waals surface area contributed by atoms with E-state index in [4.69, 9.17) is 4.74 Å². The summed E-state index contributed by atoms with van der Waals surface area (Å²) in [7, 11) is 1.61. The van der Waals surface area contributed by atoms with E-state index < -0.39 is 0 Å². The van der Waals surface area contributed by atoms with Gasteiger partial charge in [0.2, 0.25) is 0 Å².